The molecule has 3 amide bonds. The monoisotopic (exact) mass is 624 g/mol. The topological polar surface area (TPSA) is 149 Å². The Morgan fingerprint density at radius 1 is 1.00 bits per heavy atom. The van der Waals surface area contributed by atoms with Crippen LogP contribution in [0, 0.1) is 0 Å². The fourth-order valence-electron chi connectivity index (χ4n) is 6.20. The normalized spacial score (nSPS) is 17.8. The zero-order valence-corrected chi connectivity index (χ0v) is 25.0. The van der Waals surface area contributed by atoms with E-state index in [1.807, 2.05) is 11.4 Å². The number of likely N-dealkylation sites (tertiary alicyclic amines) is 1. The molecule has 1 aliphatic heterocycles. The maximum absolute atomic E-state index is 14.7. The number of primary amides is 1. The van der Waals surface area contributed by atoms with Gasteiger partial charge < -0.3 is 16.0 Å². The summed E-state index contributed by atoms with van der Waals surface area (Å²) >= 11 is 1.28. The van der Waals surface area contributed by atoms with Crippen molar-refractivity contribution in [2.75, 3.05) is 11.9 Å². The van der Waals surface area contributed by atoms with Gasteiger partial charge in [0.2, 0.25) is 11.8 Å². The summed E-state index contributed by atoms with van der Waals surface area (Å²) in [5.74, 6) is -1.77. The fraction of sp³-hybridized carbons (Fsp3) is 0.281. The third-order valence-corrected chi connectivity index (χ3v) is 9.20. The number of thiazole rings is 1. The molecule has 4 heterocycles. The summed E-state index contributed by atoms with van der Waals surface area (Å²) in [4.78, 5) is 44.9. The first-order valence-electron chi connectivity index (χ1n) is 14.7. The zero-order valence-electron chi connectivity index (χ0n) is 24.1. The van der Waals surface area contributed by atoms with Crippen molar-refractivity contribution in [3.05, 3.63) is 77.1 Å². The standard InChI is InChI=1S/C32H29FN8O3S/c33-23-13-27(31(44)38-32-37-25(17-45-32)21-6-5-18-3-1-2-4-19(18)11-21)40(15-23)28(42)16-41-26-8-7-20(22-9-10-35-36-14-22)12-24(26)29(39-41)30(34)43/h5-12,14,17,23,27H,1-4,13,15-16H2,(H2,34,43)(H,37,38,44)/t23-,27+/m1/s1. The van der Waals surface area contributed by atoms with E-state index in [-0.39, 0.29) is 25.2 Å². The first kappa shape index (κ1) is 28.7. The third kappa shape index (κ3) is 5.66. The number of nitrogens with one attached hydrogen (secondary N) is 1. The molecule has 3 aromatic heterocycles. The van der Waals surface area contributed by atoms with E-state index in [1.54, 1.807) is 30.6 Å². The Morgan fingerprint density at radius 2 is 1.82 bits per heavy atom. The van der Waals surface area contributed by atoms with Crippen LogP contribution < -0.4 is 11.1 Å². The second kappa shape index (κ2) is 11.8. The van der Waals surface area contributed by atoms with E-state index in [1.165, 1.54) is 44.9 Å². The van der Waals surface area contributed by atoms with Gasteiger partial charge in [-0.2, -0.15) is 15.3 Å². The Hall–Kier alpha value is -5.04. The highest BCUT2D eigenvalue weighted by Crippen LogP contribution is 2.31. The van der Waals surface area contributed by atoms with Gasteiger partial charge in [0.1, 0.15) is 18.8 Å². The van der Waals surface area contributed by atoms with E-state index in [0.29, 0.717) is 16.0 Å². The van der Waals surface area contributed by atoms with E-state index in [0.717, 1.165) is 35.2 Å². The molecule has 0 unspecified atom stereocenters. The average molecular weight is 625 g/mol. The molecule has 5 aromatic rings. The van der Waals surface area contributed by atoms with Gasteiger partial charge in [0.15, 0.2) is 10.8 Å². The number of amides is 3. The summed E-state index contributed by atoms with van der Waals surface area (Å²) in [6.07, 6.45) is 6.18. The molecule has 13 heteroatoms. The van der Waals surface area contributed by atoms with Crippen LogP contribution in [0.25, 0.3) is 33.3 Å². The van der Waals surface area contributed by atoms with Crippen LogP contribution >= 0.6 is 11.3 Å². The number of halogens is 1. The lowest BCUT2D eigenvalue weighted by atomic mass is 9.90. The minimum Gasteiger partial charge on any atom is -0.364 e. The van der Waals surface area contributed by atoms with Gasteiger partial charge in [-0.1, -0.05) is 18.2 Å². The Kier molecular flexibility index (Phi) is 7.53. The fourth-order valence-corrected chi connectivity index (χ4v) is 6.92. The lowest BCUT2D eigenvalue weighted by Gasteiger charge is -2.23. The van der Waals surface area contributed by atoms with Gasteiger partial charge in [0, 0.05) is 28.3 Å². The number of benzene rings is 2. The van der Waals surface area contributed by atoms with Crippen molar-refractivity contribution in [3.63, 3.8) is 0 Å². The molecule has 228 valence electrons. The van der Waals surface area contributed by atoms with Crippen LogP contribution in [0.4, 0.5) is 9.52 Å². The molecule has 1 aliphatic carbocycles. The van der Waals surface area contributed by atoms with Crippen molar-refractivity contribution in [2.24, 2.45) is 5.73 Å². The number of carbonyl (C=O) groups is 3. The molecule has 7 rings (SSSR count). The first-order chi connectivity index (χ1) is 21.8. The number of rotatable bonds is 7. The Balaban J connectivity index is 1.08. The molecule has 0 saturated carbocycles. The summed E-state index contributed by atoms with van der Waals surface area (Å²) < 4.78 is 16.0. The number of hydrogen-bond donors (Lipinski definition) is 2. The Bertz CT molecular complexity index is 1940. The van der Waals surface area contributed by atoms with Crippen molar-refractivity contribution in [1.29, 1.82) is 0 Å². The Morgan fingerprint density at radius 3 is 2.62 bits per heavy atom. The number of nitrogens with zero attached hydrogens (tertiary/aromatic N) is 6. The van der Waals surface area contributed by atoms with Crippen LogP contribution in [0.15, 0.2) is 60.2 Å². The van der Waals surface area contributed by atoms with Gasteiger partial charge in [0.05, 0.1) is 30.1 Å². The molecule has 3 N–H and O–H groups in total. The number of anilines is 1. The van der Waals surface area contributed by atoms with E-state index in [9.17, 15) is 18.8 Å². The number of aryl methyl sites for hydroxylation is 2. The zero-order chi connectivity index (χ0) is 31.1. The molecular weight excluding hydrogens is 595 g/mol. The Labute approximate surface area is 261 Å². The number of aromatic nitrogens is 5. The number of carbonyl (C=O) groups excluding carboxylic acids is 3. The van der Waals surface area contributed by atoms with Gasteiger partial charge in [-0.25, -0.2) is 9.37 Å². The lowest BCUT2D eigenvalue weighted by Crippen LogP contribution is -2.44. The van der Waals surface area contributed by atoms with Crippen LogP contribution in [0.1, 0.15) is 40.9 Å². The van der Waals surface area contributed by atoms with Crippen molar-refractivity contribution in [3.8, 4) is 22.4 Å². The second-order valence-electron chi connectivity index (χ2n) is 11.3. The number of nitrogens with two attached hydrogens (primary N) is 1. The van der Waals surface area contributed by atoms with Crippen molar-refractivity contribution < 1.29 is 18.8 Å². The van der Waals surface area contributed by atoms with Gasteiger partial charge in [-0.05, 0) is 66.6 Å². The largest absolute Gasteiger partial charge is 0.364 e. The average Bonchev–Trinajstić information content (AvgIpc) is 3.78. The van der Waals surface area contributed by atoms with E-state index >= 15 is 0 Å². The summed E-state index contributed by atoms with van der Waals surface area (Å²) in [6.45, 7) is -0.535. The smallest absolute Gasteiger partial charge is 0.269 e. The number of hydrogen-bond acceptors (Lipinski definition) is 8. The van der Waals surface area contributed by atoms with E-state index < -0.39 is 29.9 Å². The van der Waals surface area contributed by atoms with Crippen LogP contribution in [0.3, 0.4) is 0 Å². The maximum atomic E-state index is 14.7. The predicted molar refractivity (Wildman–Crippen MR) is 167 cm³/mol. The molecule has 1 saturated heterocycles. The summed E-state index contributed by atoms with van der Waals surface area (Å²) in [5.41, 5.74) is 12.1. The molecule has 45 heavy (non-hydrogen) atoms. The summed E-state index contributed by atoms with van der Waals surface area (Å²) in [6, 6.07) is 12.4. The number of alkyl halides is 1. The highest BCUT2D eigenvalue weighted by molar-refractivity contribution is 7.14. The van der Waals surface area contributed by atoms with Crippen molar-refractivity contribution in [1.82, 2.24) is 29.9 Å². The molecule has 0 radical (unpaired) electrons. The van der Waals surface area contributed by atoms with Crippen LogP contribution in [0.5, 0.6) is 0 Å². The third-order valence-electron chi connectivity index (χ3n) is 8.44. The van der Waals surface area contributed by atoms with E-state index in [2.05, 4.69) is 43.8 Å². The highest BCUT2D eigenvalue weighted by atomic mass is 32.1. The van der Waals surface area contributed by atoms with Crippen molar-refractivity contribution >= 4 is 45.1 Å². The minimum atomic E-state index is -1.36. The van der Waals surface area contributed by atoms with Gasteiger partial charge in [-0.15, -0.1) is 11.3 Å². The summed E-state index contributed by atoms with van der Waals surface area (Å²) in [7, 11) is 0. The molecular formula is C32H29FN8O3S. The number of fused-ring (bicyclic) bond motifs is 2. The SMILES string of the molecule is NC(=O)c1nn(CC(=O)N2C[C@H](F)C[C@H]2C(=O)Nc2nc(-c3ccc4c(c3)CCCC4)cs2)c2ccc(-c3ccnnc3)cc12. The minimum absolute atomic E-state index is 0.000695. The molecule has 2 aliphatic rings. The molecule has 0 bridgehead atoms. The predicted octanol–water partition coefficient (Wildman–Crippen LogP) is 4.17. The van der Waals surface area contributed by atoms with Crippen LogP contribution in [-0.2, 0) is 29.0 Å². The van der Waals surface area contributed by atoms with Crippen LogP contribution in [-0.4, -0.2) is 66.3 Å². The molecule has 2 atom stereocenters. The second-order valence-corrected chi connectivity index (χ2v) is 12.2. The van der Waals surface area contributed by atoms with Gasteiger partial charge in [0.25, 0.3) is 5.91 Å². The molecule has 11 nitrogen and oxygen atoms in total. The lowest BCUT2D eigenvalue weighted by molar-refractivity contribution is -0.137. The molecule has 0 spiro atoms. The van der Waals surface area contributed by atoms with Gasteiger partial charge in [-0.3, -0.25) is 19.1 Å². The van der Waals surface area contributed by atoms with Crippen LogP contribution in [0.2, 0.25) is 0 Å². The highest BCUT2D eigenvalue weighted by Gasteiger charge is 2.40. The molecule has 1 fully saturated rings. The maximum Gasteiger partial charge on any atom is 0.269 e. The quantitative estimate of drug-likeness (QED) is 0.276. The first-order valence-corrected chi connectivity index (χ1v) is 15.6. The van der Waals surface area contributed by atoms with E-state index in [4.69, 9.17) is 5.73 Å². The summed E-state index contributed by atoms with van der Waals surface area (Å²) in [5, 5.41) is 17.5. The van der Waals surface area contributed by atoms with Gasteiger partial charge >= 0.3 is 0 Å². The molecule has 2 aromatic carbocycles. The van der Waals surface area contributed by atoms with Crippen molar-refractivity contribution in [2.45, 2.75) is 50.9 Å².